The Hall–Kier alpha value is -2.20. The first-order valence-corrected chi connectivity index (χ1v) is 7.95. The number of hydrogen-bond acceptors (Lipinski definition) is 4. The SMILES string of the molecule is COc1cc2c(cc1O)C1(CCc3cc(CO)c(O)cc31)CC2. The summed E-state index contributed by atoms with van der Waals surface area (Å²) in [4.78, 5) is 0. The summed E-state index contributed by atoms with van der Waals surface area (Å²) in [7, 11) is 1.56. The minimum Gasteiger partial charge on any atom is -0.508 e. The lowest BCUT2D eigenvalue weighted by atomic mass is 9.76. The summed E-state index contributed by atoms with van der Waals surface area (Å²) in [5, 5.41) is 29.7. The molecule has 4 rings (SSSR count). The van der Waals surface area contributed by atoms with E-state index in [1.165, 1.54) is 11.1 Å². The van der Waals surface area contributed by atoms with Gasteiger partial charge in [-0.25, -0.2) is 0 Å². The highest BCUT2D eigenvalue weighted by molar-refractivity contribution is 5.60. The van der Waals surface area contributed by atoms with Crippen LogP contribution in [-0.4, -0.2) is 22.4 Å². The number of aryl methyl sites for hydroxylation is 2. The molecule has 1 atom stereocenters. The van der Waals surface area contributed by atoms with Crippen molar-refractivity contribution in [3.05, 3.63) is 52.1 Å². The molecule has 1 spiro atoms. The molecule has 0 fully saturated rings. The van der Waals surface area contributed by atoms with E-state index >= 15 is 0 Å². The van der Waals surface area contributed by atoms with Crippen LogP contribution in [0.1, 0.15) is 40.7 Å². The van der Waals surface area contributed by atoms with Crippen LogP contribution >= 0.6 is 0 Å². The Bertz CT molecular complexity index is 727. The van der Waals surface area contributed by atoms with Crippen LogP contribution < -0.4 is 4.74 Å². The van der Waals surface area contributed by atoms with E-state index < -0.39 is 0 Å². The molecule has 0 amide bonds. The lowest BCUT2D eigenvalue weighted by Crippen LogP contribution is -2.21. The van der Waals surface area contributed by atoms with Gasteiger partial charge in [-0.1, -0.05) is 0 Å². The molecule has 2 aromatic carbocycles. The minimum absolute atomic E-state index is 0.139. The number of aromatic hydroxyl groups is 2. The smallest absolute Gasteiger partial charge is 0.160 e. The number of phenolic OH excluding ortho intramolecular Hbond substituents is 1. The number of phenols is 2. The van der Waals surface area contributed by atoms with Crippen molar-refractivity contribution in [2.24, 2.45) is 0 Å². The molecule has 0 saturated heterocycles. The number of aliphatic hydroxyl groups is 1. The minimum atomic E-state index is -0.152. The maximum Gasteiger partial charge on any atom is 0.160 e. The molecule has 0 saturated carbocycles. The number of aliphatic hydroxyl groups excluding tert-OH is 1. The Balaban J connectivity index is 1.89. The van der Waals surface area contributed by atoms with Gasteiger partial charge in [0.2, 0.25) is 0 Å². The molecule has 120 valence electrons. The predicted molar refractivity (Wildman–Crippen MR) is 86.1 cm³/mol. The first-order valence-electron chi connectivity index (χ1n) is 7.95. The second-order valence-corrected chi connectivity index (χ2v) is 6.56. The van der Waals surface area contributed by atoms with E-state index in [0.717, 1.165) is 36.8 Å². The molecule has 1 unspecified atom stereocenters. The van der Waals surface area contributed by atoms with Crippen molar-refractivity contribution in [2.45, 2.75) is 37.7 Å². The van der Waals surface area contributed by atoms with Gasteiger partial charge in [-0.15, -0.1) is 0 Å². The zero-order chi connectivity index (χ0) is 16.2. The fourth-order valence-corrected chi connectivity index (χ4v) is 4.39. The summed E-state index contributed by atoms with van der Waals surface area (Å²) < 4.78 is 5.22. The van der Waals surface area contributed by atoms with E-state index in [1.807, 2.05) is 24.3 Å². The van der Waals surface area contributed by atoms with Gasteiger partial charge in [0, 0.05) is 11.0 Å². The summed E-state index contributed by atoms with van der Waals surface area (Å²) in [6, 6.07) is 7.48. The zero-order valence-electron chi connectivity index (χ0n) is 13.1. The highest BCUT2D eigenvalue weighted by Crippen LogP contribution is 2.54. The number of benzene rings is 2. The molecule has 2 aromatic rings. The third-order valence-electron chi connectivity index (χ3n) is 5.55. The fourth-order valence-electron chi connectivity index (χ4n) is 4.39. The molecule has 0 heterocycles. The molecule has 0 aromatic heterocycles. The lowest BCUT2D eigenvalue weighted by Gasteiger charge is -2.27. The van der Waals surface area contributed by atoms with Crippen LogP contribution in [0.3, 0.4) is 0 Å². The molecule has 0 aliphatic heterocycles. The number of fused-ring (bicyclic) bond motifs is 4. The van der Waals surface area contributed by atoms with Crippen molar-refractivity contribution in [2.75, 3.05) is 7.11 Å². The number of ether oxygens (including phenoxy) is 1. The van der Waals surface area contributed by atoms with Crippen LogP contribution in [0.25, 0.3) is 0 Å². The van der Waals surface area contributed by atoms with Gasteiger partial charge in [0.1, 0.15) is 5.75 Å². The van der Waals surface area contributed by atoms with E-state index in [-0.39, 0.29) is 23.5 Å². The number of rotatable bonds is 2. The van der Waals surface area contributed by atoms with Crippen molar-refractivity contribution in [3.63, 3.8) is 0 Å². The monoisotopic (exact) mass is 312 g/mol. The predicted octanol–water partition coefficient (Wildman–Crippen LogP) is 2.78. The van der Waals surface area contributed by atoms with Gasteiger partial charge in [0.15, 0.2) is 11.5 Å². The zero-order valence-corrected chi connectivity index (χ0v) is 13.1. The summed E-state index contributed by atoms with van der Waals surface area (Å²) in [6.07, 6.45) is 3.80. The van der Waals surface area contributed by atoms with Crippen LogP contribution in [0.2, 0.25) is 0 Å². The van der Waals surface area contributed by atoms with E-state index in [1.54, 1.807) is 7.11 Å². The van der Waals surface area contributed by atoms with Gasteiger partial charge in [-0.2, -0.15) is 0 Å². The van der Waals surface area contributed by atoms with Crippen molar-refractivity contribution in [1.82, 2.24) is 0 Å². The van der Waals surface area contributed by atoms with Gasteiger partial charge < -0.3 is 20.1 Å². The fraction of sp³-hybridized carbons (Fsp3) is 0.368. The van der Waals surface area contributed by atoms with Crippen LogP contribution in [0.5, 0.6) is 17.2 Å². The lowest BCUT2D eigenvalue weighted by molar-refractivity contribution is 0.275. The maximum atomic E-state index is 10.2. The van der Waals surface area contributed by atoms with E-state index in [9.17, 15) is 15.3 Å². The quantitative estimate of drug-likeness (QED) is 0.797. The van der Waals surface area contributed by atoms with Crippen molar-refractivity contribution < 1.29 is 20.1 Å². The largest absolute Gasteiger partial charge is 0.508 e. The summed E-state index contributed by atoms with van der Waals surface area (Å²) in [5.41, 5.74) is 5.12. The highest BCUT2D eigenvalue weighted by Gasteiger charge is 2.45. The Morgan fingerprint density at radius 2 is 1.57 bits per heavy atom. The molecule has 4 heteroatoms. The molecule has 4 nitrogen and oxygen atoms in total. The summed E-state index contributed by atoms with van der Waals surface area (Å²) in [5.74, 6) is 0.827. The molecule has 2 aliphatic carbocycles. The van der Waals surface area contributed by atoms with Crippen molar-refractivity contribution >= 4 is 0 Å². The first-order chi connectivity index (χ1) is 11.1. The molecular weight excluding hydrogens is 292 g/mol. The van der Waals surface area contributed by atoms with Gasteiger partial charge in [-0.3, -0.25) is 0 Å². The average Bonchev–Trinajstić information content (AvgIpc) is 3.09. The Morgan fingerprint density at radius 1 is 0.957 bits per heavy atom. The normalized spacial score (nSPS) is 21.5. The topological polar surface area (TPSA) is 69.9 Å². The van der Waals surface area contributed by atoms with Gasteiger partial charge in [-0.05, 0) is 72.2 Å². The second-order valence-electron chi connectivity index (χ2n) is 6.56. The third-order valence-corrected chi connectivity index (χ3v) is 5.55. The van der Waals surface area contributed by atoms with Crippen LogP contribution in [0.4, 0.5) is 0 Å². The van der Waals surface area contributed by atoms with Crippen LogP contribution in [0.15, 0.2) is 24.3 Å². The molecule has 0 radical (unpaired) electrons. The Kier molecular flexibility index (Phi) is 3.07. The highest BCUT2D eigenvalue weighted by atomic mass is 16.5. The van der Waals surface area contributed by atoms with E-state index in [0.29, 0.717) is 11.3 Å². The van der Waals surface area contributed by atoms with E-state index in [2.05, 4.69) is 0 Å². The van der Waals surface area contributed by atoms with Crippen molar-refractivity contribution in [3.8, 4) is 17.2 Å². The molecule has 2 aliphatic rings. The summed E-state index contributed by atoms with van der Waals surface area (Å²) in [6.45, 7) is -0.152. The van der Waals surface area contributed by atoms with E-state index in [4.69, 9.17) is 4.74 Å². The number of hydrogen-bond donors (Lipinski definition) is 3. The van der Waals surface area contributed by atoms with Gasteiger partial charge >= 0.3 is 0 Å². The molecular formula is C19H20O4. The Labute approximate surface area is 135 Å². The van der Waals surface area contributed by atoms with Crippen LogP contribution in [-0.2, 0) is 24.9 Å². The molecule has 3 N–H and O–H groups in total. The standard InChI is InChI=1S/C19H20O4/c1-23-18-7-12-3-5-19(15(12)9-17(18)22)4-2-11-6-13(10-20)16(21)8-14(11)19/h6-9,20-22H,2-5,10H2,1H3. The number of methoxy groups -OCH3 is 1. The maximum absolute atomic E-state index is 10.2. The van der Waals surface area contributed by atoms with Crippen LogP contribution in [0, 0.1) is 0 Å². The molecule has 0 bridgehead atoms. The Morgan fingerprint density at radius 3 is 2.17 bits per heavy atom. The summed E-state index contributed by atoms with van der Waals surface area (Å²) >= 11 is 0. The first kappa shape index (κ1) is 14.4. The third kappa shape index (κ3) is 1.88. The molecule has 23 heavy (non-hydrogen) atoms. The second kappa shape index (κ2) is 4.90. The van der Waals surface area contributed by atoms with Crippen molar-refractivity contribution in [1.29, 1.82) is 0 Å². The average molecular weight is 312 g/mol. The van der Waals surface area contributed by atoms with Gasteiger partial charge in [0.05, 0.1) is 13.7 Å². The van der Waals surface area contributed by atoms with Gasteiger partial charge in [0.25, 0.3) is 0 Å².